The molecule has 0 aliphatic carbocycles. The summed E-state index contributed by atoms with van der Waals surface area (Å²) < 4.78 is 6.36. The zero-order valence-corrected chi connectivity index (χ0v) is 11.5. The van der Waals surface area contributed by atoms with Crippen LogP contribution >= 0.6 is 15.9 Å². The van der Waals surface area contributed by atoms with Gasteiger partial charge in [0.15, 0.2) is 5.76 Å². The second kappa shape index (κ2) is 5.47. The zero-order chi connectivity index (χ0) is 12.3. The third-order valence-electron chi connectivity index (χ3n) is 2.36. The van der Waals surface area contributed by atoms with Crippen LogP contribution in [0, 0.1) is 0 Å². The van der Waals surface area contributed by atoms with Crippen molar-refractivity contribution in [1.29, 1.82) is 0 Å². The summed E-state index contributed by atoms with van der Waals surface area (Å²) in [4.78, 5) is 0. The first-order chi connectivity index (χ1) is 8.15. The minimum atomic E-state index is 0.445. The molecule has 0 saturated carbocycles. The molecule has 0 fully saturated rings. The molecule has 3 nitrogen and oxygen atoms in total. The minimum absolute atomic E-state index is 0.445. The van der Waals surface area contributed by atoms with Gasteiger partial charge in [0.1, 0.15) is 0 Å². The summed E-state index contributed by atoms with van der Waals surface area (Å²) in [6.07, 6.45) is 0. The van der Waals surface area contributed by atoms with Gasteiger partial charge in [-0.2, -0.15) is 0 Å². The predicted molar refractivity (Wildman–Crippen MR) is 71.6 cm³/mol. The van der Waals surface area contributed by atoms with E-state index in [1.807, 2.05) is 30.3 Å². The van der Waals surface area contributed by atoms with Crippen molar-refractivity contribution in [3.8, 4) is 11.3 Å². The molecule has 0 bridgehead atoms. The molecule has 90 valence electrons. The Balaban J connectivity index is 2.12. The Morgan fingerprint density at radius 3 is 2.88 bits per heavy atom. The molecule has 0 amide bonds. The fourth-order valence-corrected chi connectivity index (χ4v) is 1.88. The van der Waals surface area contributed by atoms with Crippen LogP contribution in [0.2, 0.25) is 0 Å². The monoisotopic (exact) mass is 294 g/mol. The molecule has 4 heteroatoms. The Kier molecular flexibility index (Phi) is 3.97. The van der Waals surface area contributed by atoms with Crippen LogP contribution in [0.1, 0.15) is 19.5 Å². The van der Waals surface area contributed by atoms with Gasteiger partial charge in [-0.1, -0.05) is 47.1 Å². The lowest BCUT2D eigenvalue weighted by Gasteiger charge is -2.03. The van der Waals surface area contributed by atoms with Crippen molar-refractivity contribution in [2.75, 3.05) is 0 Å². The van der Waals surface area contributed by atoms with Crippen molar-refractivity contribution in [3.63, 3.8) is 0 Å². The van der Waals surface area contributed by atoms with E-state index in [9.17, 15) is 0 Å². The van der Waals surface area contributed by atoms with E-state index in [4.69, 9.17) is 4.52 Å². The van der Waals surface area contributed by atoms with Crippen LogP contribution < -0.4 is 5.32 Å². The van der Waals surface area contributed by atoms with Crippen LogP contribution in [0.3, 0.4) is 0 Å². The van der Waals surface area contributed by atoms with Gasteiger partial charge in [-0.15, -0.1) is 0 Å². The summed E-state index contributed by atoms with van der Waals surface area (Å²) in [5.74, 6) is 0.798. The van der Waals surface area contributed by atoms with E-state index >= 15 is 0 Å². The standard InChI is InChI=1S/C13H15BrN2O/c1-9(2)15-8-12-7-13(17-16-12)10-4-3-5-11(14)6-10/h3-7,9,15H,8H2,1-2H3. The smallest absolute Gasteiger partial charge is 0.167 e. The first kappa shape index (κ1) is 12.3. The summed E-state index contributed by atoms with van der Waals surface area (Å²) in [6.45, 7) is 4.94. The molecule has 0 aliphatic rings. The van der Waals surface area contributed by atoms with Crippen molar-refractivity contribution in [3.05, 3.63) is 40.5 Å². The summed E-state index contributed by atoms with van der Waals surface area (Å²) in [5.41, 5.74) is 1.95. The van der Waals surface area contributed by atoms with Gasteiger partial charge >= 0.3 is 0 Å². The maximum atomic E-state index is 5.33. The largest absolute Gasteiger partial charge is 0.356 e. The highest BCUT2D eigenvalue weighted by Crippen LogP contribution is 2.23. The summed E-state index contributed by atoms with van der Waals surface area (Å²) in [6, 6.07) is 10.4. The van der Waals surface area contributed by atoms with Crippen LogP contribution in [0.25, 0.3) is 11.3 Å². The summed E-state index contributed by atoms with van der Waals surface area (Å²) in [5, 5.41) is 7.35. The van der Waals surface area contributed by atoms with E-state index in [2.05, 4.69) is 40.3 Å². The lowest BCUT2D eigenvalue weighted by molar-refractivity contribution is 0.417. The van der Waals surface area contributed by atoms with Gasteiger partial charge in [-0.05, 0) is 12.1 Å². The lowest BCUT2D eigenvalue weighted by Crippen LogP contribution is -2.21. The third kappa shape index (κ3) is 3.41. The third-order valence-corrected chi connectivity index (χ3v) is 2.85. The van der Waals surface area contributed by atoms with Gasteiger partial charge in [-0.25, -0.2) is 0 Å². The normalized spacial score (nSPS) is 11.1. The van der Waals surface area contributed by atoms with E-state index in [1.54, 1.807) is 0 Å². The molecule has 0 unspecified atom stereocenters. The quantitative estimate of drug-likeness (QED) is 0.936. The Bertz CT molecular complexity index is 494. The molecule has 2 aromatic rings. The van der Waals surface area contributed by atoms with Crippen molar-refractivity contribution in [2.24, 2.45) is 0 Å². The number of aromatic nitrogens is 1. The minimum Gasteiger partial charge on any atom is -0.356 e. The maximum absolute atomic E-state index is 5.33. The summed E-state index contributed by atoms with van der Waals surface area (Å²) in [7, 11) is 0. The van der Waals surface area contributed by atoms with Gasteiger partial charge < -0.3 is 9.84 Å². The molecular formula is C13H15BrN2O. The number of nitrogens with one attached hydrogen (secondary N) is 1. The van der Waals surface area contributed by atoms with Gasteiger partial charge in [0.05, 0.1) is 5.69 Å². The van der Waals surface area contributed by atoms with Crippen LogP contribution in [0.4, 0.5) is 0 Å². The number of halogens is 1. The molecule has 0 aliphatic heterocycles. The van der Waals surface area contributed by atoms with Crippen molar-refractivity contribution in [1.82, 2.24) is 10.5 Å². The number of benzene rings is 1. The van der Waals surface area contributed by atoms with E-state index in [1.165, 1.54) is 0 Å². The van der Waals surface area contributed by atoms with Crippen molar-refractivity contribution < 1.29 is 4.52 Å². The first-order valence-electron chi connectivity index (χ1n) is 5.60. The number of nitrogens with zero attached hydrogens (tertiary/aromatic N) is 1. The highest BCUT2D eigenvalue weighted by Gasteiger charge is 2.07. The fraction of sp³-hybridized carbons (Fsp3) is 0.308. The van der Waals surface area contributed by atoms with Gasteiger partial charge in [0.25, 0.3) is 0 Å². The number of rotatable bonds is 4. The van der Waals surface area contributed by atoms with Crippen LogP contribution in [0.15, 0.2) is 39.3 Å². The van der Waals surface area contributed by atoms with Crippen LogP contribution in [0.5, 0.6) is 0 Å². The molecule has 1 aromatic carbocycles. The van der Waals surface area contributed by atoms with E-state index in [0.29, 0.717) is 6.04 Å². The van der Waals surface area contributed by atoms with Gasteiger partial charge in [0.2, 0.25) is 0 Å². The Labute approximate surface area is 109 Å². The highest BCUT2D eigenvalue weighted by molar-refractivity contribution is 9.10. The second-order valence-corrected chi connectivity index (χ2v) is 5.14. The fourth-order valence-electron chi connectivity index (χ4n) is 1.48. The van der Waals surface area contributed by atoms with E-state index in [0.717, 1.165) is 28.0 Å². The average Bonchev–Trinajstić information content (AvgIpc) is 2.75. The van der Waals surface area contributed by atoms with Gasteiger partial charge in [-0.3, -0.25) is 0 Å². The molecule has 2 rings (SSSR count). The van der Waals surface area contributed by atoms with Gasteiger partial charge in [0, 0.05) is 28.7 Å². The molecular weight excluding hydrogens is 280 g/mol. The van der Waals surface area contributed by atoms with E-state index in [-0.39, 0.29) is 0 Å². The molecule has 1 aromatic heterocycles. The Morgan fingerprint density at radius 2 is 2.18 bits per heavy atom. The Hall–Kier alpha value is -1.13. The van der Waals surface area contributed by atoms with E-state index < -0.39 is 0 Å². The molecule has 0 saturated heterocycles. The SMILES string of the molecule is CC(C)NCc1cc(-c2cccc(Br)c2)on1. The average molecular weight is 295 g/mol. The van der Waals surface area contributed by atoms with Crippen LogP contribution in [-0.2, 0) is 6.54 Å². The first-order valence-corrected chi connectivity index (χ1v) is 6.39. The van der Waals surface area contributed by atoms with Crippen molar-refractivity contribution in [2.45, 2.75) is 26.4 Å². The lowest BCUT2D eigenvalue weighted by atomic mass is 10.1. The second-order valence-electron chi connectivity index (χ2n) is 4.23. The van der Waals surface area contributed by atoms with Crippen molar-refractivity contribution >= 4 is 15.9 Å². The number of hydrogen-bond acceptors (Lipinski definition) is 3. The molecule has 1 N–H and O–H groups in total. The molecule has 1 heterocycles. The topological polar surface area (TPSA) is 38.1 Å². The zero-order valence-electron chi connectivity index (χ0n) is 9.90. The molecule has 0 spiro atoms. The summed E-state index contributed by atoms with van der Waals surface area (Å²) >= 11 is 3.44. The number of hydrogen-bond donors (Lipinski definition) is 1. The Morgan fingerprint density at radius 1 is 1.35 bits per heavy atom. The predicted octanol–water partition coefficient (Wildman–Crippen LogP) is 3.60. The molecule has 17 heavy (non-hydrogen) atoms. The molecule has 0 atom stereocenters. The van der Waals surface area contributed by atoms with Crippen LogP contribution in [-0.4, -0.2) is 11.2 Å². The maximum Gasteiger partial charge on any atom is 0.167 e. The molecule has 0 radical (unpaired) electrons. The highest BCUT2D eigenvalue weighted by atomic mass is 79.9.